The molecular weight excluding hydrogens is 192 g/mol. The average molecular weight is 212 g/mol. The molecule has 3 heteroatoms. The highest BCUT2D eigenvalue weighted by Gasteiger charge is 2.12. The van der Waals surface area contributed by atoms with Crippen molar-refractivity contribution in [1.82, 2.24) is 0 Å². The summed E-state index contributed by atoms with van der Waals surface area (Å²) in [7, 11) is 0. The molecule has 0 radical (unpaired) electrons. The van der Waals surface area contributed by atoms with Crippen molar-refractivity contribution in [3.8, 4) is 11.8 Å². The van der Waals surface area contributed by atoms with E-state index in [1.165, 1.54) is 6.42 Å². The molecule has 1 N–H and O–H groups in total. The Morgan fingerprint density at radius 2 is 2.20 bits per heavy atom. The topological polar surface area (TPSA) is 38.7 Å². The lowest BCUT2D eigenvalue weighted by molar-refractivity contribution is -0.154. The van der Waals surface area contributed by atoms with Gasteiger partial charge in [0.05, 0.1) is 0 Å². The van der Waals surface area contributed by atoms with Crippen molar-refractivity contribution in [3.63, 3.8) is 0 Å². The van der Waals surface area contributed by atoms with Gasteiger partial charge < -0.3 is 14.6 Å². The number of aliphatic hydroxyl groups excluding tert-OH is 1. The molecule has 1 rings (SSSR count). The first-order valence-corrected chi connectivity index (χ1v) is 5.73. The number of ether oxygens (including phenoxy) is 2. The van der Waals surface area contributed by atoms with Crippen molar-refractivity contribution < 1.29 is 14.6 Å². The minimum atomic E-state index is -0.0366. The van der Waals surface area contributed by atoms with E-state index in [0.29, 0.717) is 6.61 Å². The smallest absolute Gasteiger partial charge is 0.158 e. The van der Waals surface area contributed by atoms with Gasteiger partial charge in [0.1, 0.15) is 6.61 Å². The van der Waals surface area contributed by atoms with Gasteiger partial charge in [-0.3, -0.25) is 0 Å². The van der Waals surface area contributed by atoms with Crippen molar-refractivity contribution in [1.29, 1.82) is 0 Å². The highest BCUT2D eigenvalue weighted by molar-refractivity contribution is 4.98. The second-order valence-corrected chi connectivity index (χ2v) is 3.64. The quantitative estimate of drug-likeness (QED) is 0.557. The minimum absolute atomic E-state index is 0.0366. The van der Waals surface area contributed by atoms with Gasteiger partial charge in [-0.25, -0.2) is 0 Å². The standard InChI is InChI=1S/C12H20O3/c13-9-5-2-1-3-6-10-14-12-8-4-7-11-15-12/h12-13H,1-2,4-5,7-11H2. The molecule has 0 aliphatic carbocycles. The molecule has 1 unspecified atom stereocenters. The van der Waals surface area contributed by atoms with E-state index in [1.54, 1.807) is 0 Å². The first kappa shape index (κ1) is 12.5. The van der Waals surface area contributed by atoms with Crippen LogP contribution in [-0.4, -0.2) is 31.2 Å². The minimum Gasteiger partial charge on any atom is -0.396 e. The summed E-state index contributed by atoms with van der Waals surface area (Å²) >= 11 is 0. The van der Waals surface area contributed by atoms with E-state index in [1.807, 2.05) is 0 Å². The van der Waals surface area contributed by atoms with Crippen LogP contribution >= 0.6 is 0 Å². The molecule has 0 aromatic rings. The Morgan fingerprint density at radius 1 is 1.27 bits per heavy atom. The molecule has 1 saturated heterocycles. The maximum atomic E-state index is 8.55. The third kappa shape index (κ3) is 6.51. The van der Waals surface area contributed by atoms with Crippen molar-refractivity contribution in [3.05, 3.63) is 0 Å². The van der Waals surface area contributed by atoms with Crippen molar-refractivity contribution in [2.45, 2.75) is 44.8 Å². The molecule has 1 atom stereocenters. The van der Waals surface area contributed by atoms with Gasteiger partial charge in [0.15, 0.2) is 6.29 Å². The monoisotopic (exact) mass is 212 g/mol. The molecule has 1 aliphatic rings. The molecule has 0 aromatic heterocycles. The lowest BCUT2D eigenvalue weighted by atomic mass is 10.2. The largest absolute Gasteiger partial charge is 0.396 e. The fourth-order valence-corrected chi connectivity index (χ4v) is 1.44. The molecule has 0 saturated carbocycles. The van der Waals surface area contributed by atoms with E-state index in [2.05, 4.69) is 11.8 Å². The second kappa shape index (κ2) is 8.72. The maximum absolute atomic E-state index is 8.55. The summed E-state index contributed by atoms with van der Waals surface area (Å²) in [6.07, 6.45) is 5.93. The van der Waals surface area contributed by atoms with Crippen molar-refractivity contribution in [2.75, 3.05) is 19.8 Å². The summed E-state index contributed by atoms with van der Waals surface area (Å²) in [6.45, 7) is 1.53. The molecule has 0 spiro atoms. The Bertz CT molecular complexity index is 199. The van der Waals surface area contributed by atoms with E-state index < -0.39 is 0 Å². The lowest BCUT2D eigenvalue weighted by Crippen LogP contribution is -2.22. The number of hydrogen-bond acceptors (Lipinski definition) is 3. The molecule has 1 aliphatic heterocycles. The summed E-state index contributed by atoms with van der Waals surface area (Å²) in [5.74, 6) is 5.98. The van der Waals surface area contributed by atoms with Crippen LogP contribution in [0.25, 0.3) is 0 Å². The van der Waals surface area contributed by atoms with Gasteiger partial charge in [-0.2, -0.15) is 0 Å². The second-order valence-electron chi connectivity index (χ2n) is 3.64. The number of rotatable bonds is 5. The number of hydrogen-bond donors (Lipinski definition) is 1. The third-order valence-corrected chi connectivity index (χ3v) is 2.31. The Labute approximate surface area is 91.8 Å². The SMILES string of the molecule is OCCCCC#CCOC1CCCCO1. The van der Waals surface area contributed by atoms with E-state index in [0.717, 1.165) is 38.7 Å². The summed E-state index contributed by atoms with van der Waals surface area (Å²) < 4.78 is 10.8. The normalized spacial score (nSPS) is 20.7. The molecule has 86 valence electrons. The fourth-order valence-electron chi connectivity index (χ4n) is 1.44. The summed E-state index contributed by atoms with van der Waals surface area (Å²) in [4.78, 5) is 0. The van der Waals surface area contributed by atoms with Crippen LogP contribution in [-0.2, 0) is 9.47 Å². The van der Waals surface area contributed by atoms with E-state index in [9.17, 15) is 0 Å². The summed E-state index contributed by atoms with van der Waals surface area (Å²) in [6, 6.07) is 0. The Morgan fingerprint density at radius 3 is 2.93 bits per heavy atom. The van der Waals surface area contributed by atoms with Crippen molar-refractivity contribution in [2.24, 2.45) is 0 Å². The first-order chi connectivity index (χ1) is 7.43. The van der Waals surface area contributed by atoms with Crippen LogP contribution in [0.4, 0.5) is 0 Å². The zero-order valence-electron chi connectivity index (χ0n) is 9.21. The molecule has 0 bridgehead atoms. The molecule has 15 heavy (non-hydrogen) atoms. The van der Waals surface area contributed by atoms with Gasteiger partial charge in [0.25, 0.3) is 0 Å². The van der Waals surface area contributed by atoms with Crippen molar-refractivity contribution >= 4 is 0 Å². The van der Waals surface area contributed by atoms with E-state index >= 15 is 0 Å². The van der Waals surface area contributed by atoms with Crippen LogP contribution in [0.2, 0.25) is 0 Å². The van der Waals surface area contributed by atoms with Gasteiger partial charge in [-0.05, 0) is 32.1 Å². The average Bonchev–Trinajstić information content (AvgIpc) is 2.29. The van der Waals surface area contributed by atoms with Gasteiger partial charge in [-0.1, -0.05) is 5.92 Å². The highest BCUT2D eigenvalue weighted by Crippen LogP contribution is 2.12. The van der Waals surface area contributed by atoms with E-state index in [4.69, 9.17) is 14.6 Å². The first-order valence-electron chi connectivity index (χ1n) is 5.73. The molecule has 0 amide bonds. The predicted octanol–water partition coefficient (Wildman–Crippen LogP) is 1.70. The molecule has 0 aromatic carbocycles. The zero-order valence-corrected chi connectivity index (χ0v) is 9.21. The predicted molar refractivity (Wildman–Crippen MR) is 58.3 cm³/mol. The summed E-state index contributed by atoms with van der Waals surface area (Å²) in [5, 5.41) is 8.55. The van der Waals surface area contributed by atoms with Crippen LogP contribution < -0.4 is 0 Å². The van der Waals surface area contributed by atoms with Crippen LogP contribution in [0, 0.1) is 11.8 Å². The van der Waals surface area contributed by atoms with Gasteiger partial charge in [-0.15, -0.1) is 5.92 Å². The highest BCUT2D eigenvalue weighted by atomic mass is 16.7. The van der Waals surface area contributed by atoms with E-state index in [-0.39, 0.29) is 12.9 Å². The molecule has 1 fully saturated rings. The fraction of sp³-hybridized carbons (Fsp3) is 0.833. The Hall–Kier alpha value is -0.560. The third-order valence-electron chi connectivity index (χ3n) is 2.31. The summed E-state index contributed by atoms with van der Waals surface area (Å²) in [5.41, 5.74) is 0. The Balaban J connectivity index is 1.94. The Kier molecular flexibility index (Phi) is 7.28. The van der Waals surface area contributed by atoms with Gasteiger partial charge >= 0.3 is 0 Å². The molecule has 3 nitrogen and oxygen atoms in total. The van der Waals surface area contributed by atoms with Gasteiger partial charge in [0.2, 0.25) is 0 Å². The zero-order chi connectivity index (χ0) is 10.8. The van der Waals surface area contributed by atoms with Crippen LogP contribution in [0.1, 0.15) is 38.5 Å². The lowest BCUT2D eigenvalue weighted by Gasteiger charge is -2.21. The number of aliphatic hydroxyl groups is 1. The van der Waals surface area contributed by atoms with Crippen LogP contribution in [0.5, 0.6) is 0 Å². The van der Waals surface area contributed by atoms with Crippen LogP contribution in [0.15, 0.2) is 0 Å². The number of unbranched alkanes of at least 4 members (excludes halogenated alkanes) is 2. The molecule has 1 heterocycles. The molecular formula is C12H20O3. The van der Waals surface area contributed by atoms with Gasteiger partial charge in [0, 0.05) is 19.6 Å². The van der Waals surface area contributed by atoms with Crippen LogP contribution in [0.3, 0.4) is 0 Å². The maximum Gasteiger partial charge on any atom is 0.158 e.